The van der Waals surface area contributed by atoms with E-state index in [-0.39, 0.29) is 23.6 Å². The number of rotatable bonds is 5. The molecule has 0 bridgehead atoms. The quantitative estimate of drug-likeness (QED) is 0.632. The molecule has 148 valence electrons. The molecule has 2 aliphatic heterocycles. The number of hydrogen-bond acceptors (Lipinski definition) is 6. The van der Waals surface area contributed by atoms with E-state index in [9.17, 15) is 8.42 Å². The highest BCUT2D eigenvalue weighted by atomic mass is 35.5. The van der Waals surface area contributed by atoms with Gasteiger partial charge in [-0.3, -0.25) is 4.99 Å². The predicted molar refractivity (Wildman–Crippen MR) is 117 cm³/mol. The molecular formula is C19H18Cl2N2O3S2. The standard InChI is InChI=1S/C19H18Cl2N2O3S2/c20-13-8-14(21)10-15(9-13)23-18-12-28(24,25)11-17(18)22-19(23)27-7-6-26-16-4-2-1-3-5-16/h1-5,8-10,17-18H,6-7,11-12H2. The van der Waals surface area contributed by atoms with E-state index in [1.165, 1.54) is 0 Å². The van der Waals surface area contributed by atoms with Gasteiger partial charge in [0.15, 0.2) is 15.0 Å². The minimum Gasteiger partial charge on any atom is -0.493 e. The summed E-state index contributed by atoms with van der Waals surface area (Å²) in [6, 6.07) is 14.4. The van der Waals surface area contributed by atoms with E-state index in [1.807, 2.05) is 35.2 Å². The minimum atomic E-state index is -3.10. The first kappa shape index (κ1) is 19.9. The largest absolute Gasteiger partial charge is 0.493 e. The van der Waals surface area contributed by atoms with Crippen LogP contribution in [0.4, 0.5) is 5.69 Å². The van der Waals surface area contributed by atoms with Crippen LogP contribution < -0.4 is 9.64 Å². The van der Waals surface area contributed by atoms with Gasteiger partial charge in [-0.2, -0.15) is 0 Å². The maximum atomic E-state index is 12.1. The van der Waals surface area contributed by atoms with Crippen molar-refractivity contribution in [2.24, 2.45) is 4.99 Å². The van der Waals surface area contributed by atoms with Gasteiger partial charge < -0.3 is 9.64 Å². The molecule has 0 spiro atoms. The van der Waals surface area contributed by atoms with Crippen molar-refractivity contribution >= 4 is 55.7 Å². The molecule has 5 nitrogen and oxygen atoms in total. The Bertz CT molecular complexity index is 979. The van der Waals surface area contributed by atoms with Crippen LogP contribution >= 0.6 is 35.0 Å². The minimum absolute atomic E-state index is 0.0764. The summed E-state index contributed by atoms with van der Waals surface area (Å²) in [7, 11) is -3.10. The maximum absolute atomic E-state index is 12.1. The molecule has 0 amide bonds. The van der Waals surface area contributed by atoms with Crippen LogP contribution in [0.5, 0.6) is 5.75 Å². The van der Waals surface area contributed by atoms with Crippen LogP contribution in [0.2, 0.25) is 10.0 Å². The fourth-order valence-corrected chi connectivity index (χ4v) is 6.72. The average molecular weight is 457 g/mol. The third-order valence-electron chi connectivity index (χ3n) is 4.56. The smallest absolute Gasteiger partial charge is 0.164 e. The summed E-state index contributed by atoms with van der Waals surface area (Å²) in [5.41, 5.74) is 0.761. The van der Waals surface area contributed by atoms with Crippen LogP contribution in [0.3, 0.4) is 0 Å². The van der Waals surface area contributed by atoms with Gasteiger partial charge in [0, 0.05) is 21.5 Å². The Morgan fingerprint density at radius 2 is 1.82 bits per heavy atom. The lowest BCUT2D eigenvalue weighted by Crippen LogP contribution is -2.39. The summed E-state index contributed by atoms with van der Waals surface area (Å²) >= 11 is 13.9. The molecule has 2 atom stereocenters. The summed E-state index contributed by atoms with van der Waals surface area (Å²) < 4.78 is 29.9. The Labute approximate surface area is 178 Å². The first-order valence-electron chi connectivity index (χ1n) is 8.75. The summed E-state index contributed by atoms with van der Waals surface area (Å²) in [5.74, 6) is 1.66. The molecule has 2 aromatic carbocycles. The number of halogens is 2. The number of anilines is 1. The SMILES string of the molecule is O=S1(=O)CC2N=C(SCCOc3ccccc3)N(c3cc(Cl)cc(Cl)c3)C2C1. The van der Waals surface area contributed by atoms with Gasteiger partial charge >= 0.3 is 0 Å². The summed E-state index contributed by atoms with van der Waals surface area (Å²) in [4.78, 5) is 6.65. The van der Waals surface area contributed by atoms with E-state index in [1.54, 1.807) is 30.0 Å². The Balaban J connectivity index is 1.50. The zero-order chi connectivity index (χ0) is 19.7. The molecule has 0 N–H and O–H groups in total. The van der Waals surface area contributed by atoms with Gasteiger partial charge in [-0.05, 0) is 30.3 Å². The van der Waals surface area contributed by atoms with Gasteiger partial charge in [-0.25, -0.2) is 8.42 Å². The Morgan fingerprint density at radius 3 is 2.54 bits per heavy atom. The number of hydrogen-bond donors (Lipinski definition) is 0. The fourth-order valence-electron chi connectivity index (χ4n) is 3.42. The van der Waals surface area contributed by atoms with Crippen molar-refractivity contribution < 1.29 is 13.2 Å². The molecule has 9 heteroatoms. The lowest BCUT2D eigenvalue weighted by molar-refractivity contribution is 0.344. The van der Waals surface area contributed by atoms with Gasteiger partial charge in [0.25, 0.3) is 0 Å². The van der Waals surface area contributed by atoms with Crippen molar-refractivity contribution in [1.29, 1.82) is 0 Å². The van der Waals surface area contributed by atoms with E-state index in [0.717, 1.165) is 16.6 Å². The molecule has 0 radical (unpaired) electrons. The molecular weight excluding hydrogens is 439 g/mol. The molecule has 0 aliphatic carbocycles. The number of sulfone groups is 1. The van der Waals surface area contributed by atoms with E-state index in [2.05, 4.69) is 0 Å². The lowest BCUT2D eigenvalue weighted by atomic mass is 10.1. The number of thioether (sulfide) groups is 1. The number of fused-ring (bicyclic) bond motifs is 1. The van der Waals surface area contributed by atoms with Crippen molar-refractivity contribution in [3.63, 3.8) is 0 Å². The van der Waals surface area contributed by atoms with Crippen molar-refractivity contribution in [1.82, 2.24) is 0 Å². The fraction of sp³-hybridized carbons (Fsp3) is 0.316. The third kappa shape index (κ3) is 4.43. The lowest BCUT2D eigenvalue weighted by Gasteiger charge is -2.26. The first-order valence-corrected chi connectivity index (χ1v) is 12.3. The molecule has 1 fully saturated rings. The van der Waals surface area contributed by atoms with Crippen molar-refractivity contribution in [2.75, 3.05) is 28.8 Å². The van der Waals surface area contributed by atoms with Gasteiger partial charge in [-0.1, -0.05) is 53.2 Å². The summed E-state index contributed by atoms with van der Waals surface area (Å²) in [6.07, 6.45) is 0. The van der Waals surface area contributed by atoms with Gasteiger partial charge in [0.05, 0.1) is 30.2 Å². The van der Waals surface area contributed by atoms with E-state index in [0.29, 0.717) is 22.4 Å². The van der Waals surface area contributed by atoms with Crippen LogP contribution in [0.25, 0.3) is 0 Å². The summed E-state index contributed by atoms with van der Waals surface area (Å²) in [6.45, 7) is 0.519. The van der Waals surface area contributed by atoms with Crippen molar-refractivity contribution in [3.05, 3.63) is 58.6 Å². The number of nitrogens with zero attached hydrogens (tertiary/aromatic N) is 2. The second-order valence-corrected chi connectivity index (χ2v) is 10.7. The van der Waals surface area contributed by atoms with Gasteiger partial charge in [0.2, 0.25) is 0 Å². The normalized spacial score (nSPS) is 22.8. The second-order valence-electron chi connectivity index (χ2n) is 6.63. The molecule has 2 heterocycles. The predicted octanol–water partition coefficient (Wildman–Crippen LogP) is 4.15. The first-order chi connectivity index (χ1) is 13.4. The van der Waals surface area contributed by atoms with E-state index < -0.39 is 9.84 Å². The van der Waals surface area contributed by atoms with Crippen molar-refractivity contribution in [2.45, 2.75) is 12.1 Å². The van der Waals surface area contributed by atoms with Crippen molar-refractivity contribution in [3.8, 4) is 5.75 Å². The molecule has 28 heavy (non-hydrogen) atoms. The Kier molecular flexibility index (Phi) is 5.78. The third-order valence-corrected chi connectivity index (χ3v) is 7.63. The monoisotopic (exact) mass is 456 g/mol. The van der Waals surface area contributed by atoms with Crippen LogP contribution in [-0.2, 0) is 9.84 Å². The van der Waals surface area contributed by atoms with E-state index in [4.69, 9.17) is 32.9 Å². The molecule has 2 unspecified atom stereocenters. The van der Waals surface area contributed by atoms with Gasteiger partial charge in [-0.15, -0.1) is 0 Å². The van der Waals surface area contributed by atoms with Crippen LogP contribution in [0.1, 0.15) is 0 Å². The average Bonchev–Trinajstić information content (AvgIpc) is 3.09. The highest BCUT2D eigenvalue weighted by Gasteiger charge is 2.47. The Hall–Kier alpha value is -1.41. The zero-order valence-electron chi connectivity index (χ0n) is 14.8. The second kappa shape index (κ2) is 8.14. The molecule has 0 saturated carbocycles. The van der Waals surface area contributed by atoms with E-state index >= 15 is 0 Å². The number of benzene rings is 2. The molecule has 0 aromatic heterocycles. The van der Waals surface area contributed by atoms with Gasteiger partial charge in [0.1, 0.15) is 5.75 Å². The van der Waals surface area contributed by atoms with Crippen LogP contribution in [-0.4, -0.2) is 49.5 Å². The maximum Gasteiger partial charge on any atom is 0.164 e. The van der Waals surface area contributed by atoms with Crippen LogP contribution in [0.15, 0.2) is 53.5 Å². The molecule has 4 rings (SSSR count). The highest BCUT2D eigenvalue weighted by molar-refractivity contribution is 8.14. The number of amidine groups is 1. The topological polar surface area (TPSA) is 59.0 Å². The van der Waals surface area contributed by atoms with Crippen LogP contribution in [0, 0.1) is 0 Å². The molecule has 1 saturated heterocycles. The number of para-hydroxylation sites is 1. The highest BCUT2D eigenvalue weighted by Crippen LogP contribution is 2.37. The molecule has 2 aromatic rings. The Morgan fingerprint density at radius 1 is 1.11 bits per heavy atom. The number of aliphatic imine (C=N–C) groups is 1. The zero-order valence-corrected chi connectivity index (χ0v) is 17.9. The number of ether oxygens (including phenoxy) is 1. The molecule has 2 aliphatic rings. The summed E-state index contributed by atoms with van der Waals surface area (Å²) in [5, 5.41) is 1.78.